The van der Waals surface area contributed by atoms with Crippen LogP contribution in [0.15, 0.2) is 54.6 Å². The zero-order valence-corrected chi connectivity index (χ0v) is 12.6. The molecule has 0 saturated carbocycles. The van der Waals surface area contributed by atoms with Gasteiger partial charge in [-0.05, 0) is 17.5 Å². The fourth-order valence-electron chi connectivity index (χ4n) is 3.41. The molecule has 0 aliphatic heterocycles. The fraction of sp³-hybridized carbons (Fsp3) is 0.368. The van der Waals surface area contributed by atoms with Crippen LogP contribution in [-0.2, 0) is 5.41 Å². The van der Waals surface area contributed by atoms with Crippen molar-refractivity contribution >= 4 is 0 Å². The Balaban J connectivity index is 2.64. The van der Waals surface area contributed by atoms with Gasteiger partial charge in [0.1, 0.15) is 5.75 Å². The Kier molecular flexibility index (Phi) is 4.49. The lowest BCUT2D eigenvalue weighted by Crippen LogP contribution is -2.33. The summed E-state index contributed by atoms with van der Waals surface area (Å²) in [4.78, 5) is 0. The second-order valence-electron chi connectivity index (χ2n) is 5.60. The third kappa shape index (κ3) is 2.45. The number of hydrogen-bond acceptors (Lipinski definition) is 1. The molecule has 0 amide bonds. The van der Waals surface area contributed by atoms with E-state index >= 15 is 0 Å². The third-order valence-corrected chi connectivity index (χ3v) is 4.64. The molecule has 1 unspecified atom stereocenters. The highest BCUT2D eigenvalue weighted by Crippen LogP contribution is 2.45. The van der Waals surface area contributed by atoms with Gasteiger partial charge in [0.05, 0.1) is 0 Å². The average molecular weight is 268 g/mol. The van der Waals surface area contributed by atoms with Crippen molar-refractivity contribution < 1.29 is 5.11 Å². The molecule has 2 rings (SSSR count). The highest BCUT2D eigenvalue weighted by atomic mass is 16.3. The largest absolute Gasteiger partial charge is 0.508 e. The first kappa shape index (κ1) is 14.6. The fourth-order valence-corrected chi connectivity index (χ4v) is 3.41. The predicted molar refractivity (Wildman–Crippen MR) is 85.1 cm³/mol. The SMILES string of the molecule is CCC(CC)C(C)(c1ccccc1)c1ccccc1O. The topological polar surface area (TPSA) is 20.2 Å². The van der Waals surface area contributed by atoms with Crippen molar-refractivity contribution in [3.05, 3.63) is 65.7 Å². The molecule has 0 fully saturated rings. The molecule has 1 heteroatoms. The summed E-state index contributed by atoms with van der Waals surface area (Å²) < 4.78 is 0. The molecule has 2 aromatic carbocycles. The molecule has 0 spiro atoms. The van der Waals surface area contributed by atoms with E-state index in [0.29, 0.717) is 11.7 Å². The van der Waals surface area contributed by atoms with E-state index in [1.165, 1.54) is 5.56 Å². The smallest absolute Gasteiger partial charge is 0.119 e. The molecule has 0 heterocycles. The second kappa shape index (κ2) is 6.13. The maximum absolute atomic E-state index is 10.3. The van der Waals surface area contributed by atoms with Crippen LogP contribution in [0.2, 0.25) is 0 Å². The first-order valence-corrected chi connectivity index (χ1v) is 7.48. The number of para-hydroxylation sites is 1. The molecule has 0 aromatic heterocycles. The van der Waals surface area contributed by atoms with Gasteiger partial charge in [-0.15, -0.1) is 0 Å². The molecule has 106 valence electrons. The van der Waals surface area contributed by atoms with E-state index in [1.807, 2.05) is 18.2 Å². The van der Waals surface area contributed by atoms with E-state index in [-0.39, 0.29) is 5.41 Å². The maximum Gasteiger partial charge on any atom is 0.119 e. The maximum atomic E-state index is 10.3. The summed E-state index contributed by atoms with van der Waals surface area (Å²) in [5.74, 6) is 0.893. The molecular weight excluding hydrogens is 244 g/mol. The number of benzene rings is 2. The molecule has 0 aliphatic rings. The lowest BCUT2D eigenvalue weighted by molar-refractivity contribution is 0.313. The molecule has 0 saturated heterocycles. The lowest BCUT2D eigenvalue weighted by Gasteiger charge is -2.38. The molecule has 2 aromatic rings. The first-order valence-electron chi connectivity index (χ1n) is 7.48. The van der Waals surface area contributed by atoms with Crippen LogP contribution in [0.1, 0.15) is 44.7 Å². The Bertz CT molecular complexity index is 543. The van der Waals surface area contributed by atoms with Crippen LogP contribution < -0.4 is 0 Å². The Morgan fingerprint density at radius 3 is 2.00 bits per heavy atom. The third-order valence-electron chi connectivity index (χ3n) is 4.64. The molecule has 1 N–H and O–H groups in total. The number of hydrogen-bond donors (Lipinski definition) is 1. The summed E-state index contributed by atoms with van der Waals surface area (Å²) in [5.41, 5.74) is 2.14. The molecule has 20 heavy (non-hydrogen) atoms. The van der Waals surface area contributed by atoms with Gasteiger partial charge in [-0.3, -0.25) is 0 Å². The van der Waals surface area contributed by atoms with E-state index < -0.39 is 0 Å². The second-order valence-corrected chi connectivity index (χ2v) is 5.60. The lowest BCUT2D eigenvalue weighted by atomic mass is 9.65. The Hall–Kier alpha value is -1.76. The van der Waals surface area contributed by atoms with Crippen molar-refractivity contribution in [1.82, 2.24) is 0 Å². The van der Waals surface area contributed by atoms with E-state index in [9.17, 15) is 5.11 Å². The van der Waals surface area contributed by atoms with E-state index in [1.54, 1.807) is 6.07 Å². The van der Waals surface area contributed by atoms with Crippen LogP contribution in [0.25, 0.3) is 0 Å². The standard InChI is InChI=1S/C19H24O/c1-4-15(5-2)19(3,16-11-7-6-8-12-16)17-13-9-10-14-18(17)20/h6-15,20H,4-5H2,1-3H3. The average Bonchev–Trinajstić information content (AvgIpc) is 2.49. The Morgan fingerprint density at radius 2 is 1.45 bits per heavy atom. The van der Waals surface area contributed by atoms with Crippen LogP contribution >= 0.6 is 0 Å². The molecule has 0 bridgehead atoms. The van der Waals surface area contributed by atoms with Crippen molar-refractivity contribution in [2.75, 3.05) is 0 Å². The Morgan fingerprint density at radius 1 is 0.900 bits per heavy atom. The van der Waals surface area contributed by atoms with E-state index in [4.69, 9.17) is 0 Å². The van der Waals surface area contributed by atoms with Crippen LogP contribution in [-0.4, -0.2) is 5.11 Å². The van der Waals surface area contributed by atoms with Crippen LogP contribution in [0.3, 0.4) is 0 Å². The molecule has 1 atom stereocenters. The van der Waals surface area contributed by atoms with Gasteiger partial charge in [0.15, 0.2) is 0 Å². The van der Waals surface area contributed by atoms with Crippen molar-refractivity contribution in [3.63, 3.8) is 0 Å². The summed E-state index contributed by atoms with van der Waals surface area (Å²) in [6.45, 7) is 6.72. The summed E-state index contributed by atoms with van der Waals surface area (Å²) in [6, 6.07) is 18.3. The number of aromatic hydroxyl groups is 1. The Labute approximate surface area is 122 Å². The highest BCUT2D eigenvalue weighted by Gasteiger charge is 2.37. The minimum atomic E-state index is -0.157. The molecule has 0 radical (unpaired) electrons. The zero-order valence-electron chi connectivity index (χ0n) is 12.6. The van der Waals surface area contributed by atoms with Crippen molar-refractivity contribution in [2.24, 2.45) is 5.92 Å². The minimum Gasteiger partial charge on any atom is -0.508 e. The highest BCUT2D eigenvalue weighted by molar-refractivity contribution is 5.46. The summed E-state index contributed by atoms with van der Waals surface area (Å²) in [7, 11) is 0. The minimum absolute atomic E-state index is 0.157. The van der Waals surface area contributed by atoms with Gasteiger partial charge >= 0.3 is 0 Å². The van der Waals surface area contributed by atoms with Crippen LogP contribution in [0.4, 0.5) is 0 Å². The first-order chi connectivity index (χ1) is 9.64. The molecule has 0 aliphatic carbocycles. The van der Waals surface area contributed by atoms with Gasteiger partial charge in [-0.25, -0.2) is 0 Å². The monoisotopic (exact) mass is 268 g/mol. The molecule has 1 nitrogen and oxygen atoms in total. The summed E-state index contributed by atoms with van der Waals surface area (Å²) >= 11 is 0. The molecular formula is C19H24O. The summed E-state index contributed by atoms with van der Waals surface area (Å²) in [6.07, 6.45) is 2.19. The van der Waals surface area contributed by atoms with Gasteiger partial charge in [0.2, 0.25) is 0 Å². The number of rotatable bonds is 5. The van der Waals surface area contributed by atoms with Crippen molar-refractivity contribution in [3.8, 4) is 5.75 Å². The van der Waals surface area contributed by atoms with Gasteiger partial charge in [-0.2, -0.15) is 0 Å². The number of phenolic OH excluding ortho intramolecular Hbond substituents is 1. The van der Waals surface area contributed by atoms with E-state index in [0.717, 1.165) is 18.4 Å². The normalized spacial score (nSPS) is 14.2. The van der Waals surface area contributed by atoms with Gasteiger partial charge in [0, 0.05) is 11.0 Å². The summed E-state index contributed by atoms with van der Waals surface area (Å²) in [5, 5.41) is 10.3. The zero-order chi connectivity index (χ0) is 14.6. The van der Waals surface area contributed by atoms with Gasteiger partial charge < -0.3 is 5.11 Å². The van der Waals surface area contributed by atoms with Gasteiger partial charge in [-0.1, -0.05) is 82.1 Å². The van der Waals surface area contributed by atoms with Crippen molar-refractivity contribution in [2.45, 2.75) is 39.0 Å². The quantitative estimate of drug-likeness (QED) is 0.796. The van der Waals surface area contributed by atoms with Gasteiger partial charge in [0.25, 0.3) is 0 Å². The van der Waals surface area contributed by atoms with E-state index in [2.05, 4.69) is 51.1 Å². The number of phenols is 1. The van der Waals surface area contributed by atoms with Crippen LogP contribution in [0, 0.1) is 5.92 Å². The van der Waals surface area contributed by atoms with Crippen molar-refractivity contribution in [1.29, 1.82) is 0 Å². The predicted octanol–water partition coefficient (Wildman–Crippen LogP) is 5.13. The van der Waals surface area contributed by atoms with Crippen LogP contribution in [0.5, 0.6) is 5.75 Å².